The average molecular weight is 291 g/mol. The molecular formula is C16H21NO4. The van der Waals surface area contributed by atoms with Gasteiger partial charge in [-0.1, -0.05) is 6.07 Å². The fourth-order valence-electron chi connectivity index (χ4n) is 3.13. The van der Waals surface area contributed by atoms with Crippen molar-refractivity contribution in [3.63, 3.8) is 0 Å². The summed E-state index contributed by atoms with van der Waals surface area (Å²) in [5, 5.41) is 0. The molecule has 2 aliphatic rings. The largest absolute Gasteiger partial charge is 0.466 e. The van der Waals surface area contributed by atoms with Crippen molar-refractivity contribution < 1.29 is 19.0 Å². The normalized spacial score (nSPS) is 24.1. The molecule has 5 heteroatoms. The maximum atomic E-state index is 12.2. The first-order chi connectivity index (χ1) is 10.2. The van der Waals surface area contributed by atoms with Gasteiger partial charge in [-0.25, -0.2) is 0 Å². The van der Waals surface area contributed by atoms with Crippen molar-refractivity contribution in [3.8, 4) is 0 Å². The standard InChI is InChI=1S/C16H21NO4/c1-2-19-15(18)13-7-6-12-5-3-8-17-14(12)16(11-13)20-9-4-10-21-16/h3,5,8,13H,2,4,6-7,9-11H2,1H3. The number of hydrogen-bond donors (Lipinski definition) is 0. The first kappa shape index (κ1) is 14.5. The minimum atomic E-state index is -0.886. The maximum absolute atomic E-state index is 12.2. The number of carbonyl (C=O) groups excluding carboxylic acids is 1. The van der Waals surface area contributed by atoms with E-state index >= 15 is 0 Å². The Bertz CT molecular complexity index is 511. The van der Waals surface area contributed by atoms with E-state index in [0.717, 1.165) is 30.5 Å². The summed E-state index contributed by atoms with van der Waals surface area (Å²) >= 11 is 0. The second-order valence-corrected chi connectivity index (χ2v) is 5.51. The van der Waals surface area contributed by atoms with E-state index < -0.39 is 5.79 Å². The number of aromatic nitrogens is 1. The molecule has 0 bridgehead atoms. The number of hydrogen-bond acceptors (Lipinski definition) is 5. The predicted octanol–water partition coefficient (Wildman–Crippen LogP) is 2.19. The number of ether oxygens (including phenoxy) is 3. The zero-order valence-electron chi connectivity index (χ0n) is 12.3. The smallest absolute Gasteiger partial charge is 0.309 e. The third kappa shape index (κ3) is 2.80. The van der Waals surface area contributed by atoms with Crippen molar-refractivity contribution in [1.29, 1.82) is 0 Å². The summed E-state index contributed by atoms with van der Waals surface area (Å²) in [6, 6.07) is 3.96. The topological polar surface area (TPSA) is 57.7 Å². The van der Waals surface area contributed by atoms with Gasteiger partial charge in [0.1, 0.15) is 5.69 Å². The molecule has 1 aliphatic heterocycles. The van der Waals surface area contributed by atoms with Gasteiger partial charge in [-0.15, -0.1) is 0 Å². The molecule has 114 valence electrons. The molecule has 1 aromatic rings. The summed E-state index contributed by atoms with van der Waals surface area (Å²) in [7, 11) is 0. The molecule has 1 aromatic heterocycles. The number of aryl methyl sites for hydroxylation is 1. The van der Waals surface area contributed by atoms with E-state index in [1.165, 1.54) is 0 Å². The summed E-state index contributed by atoms with van der Waals surface area (Å²) in [4.78, 5) is 16.7. The molecule has 2 heterocycles. The van der Waals surface area contributed by atoms with Gasteiger partial charge in [-0.2, -0.15) is 0 Å². The highest BCUT2D eigenvalue weighted by Gasteiger charge is 2.45. The van der Waals surface area contributed by atoms with Gasteiger partial charge in [0, 0.05) is 12.6 Å². The number of fused-ring (bicyclic) bond motifs is 2. The van der Waals surface area contributed by atoms with Crippen LogP contribution in [0.25, 0.3) is 0 Å². The van der Waals surface area contributed by atoms with Crippen molar-refractivity contribution in [2.45, 2.75) is 38.4 Å². The van der Waals surface area contributed by atoms with Crippen LogP contribution in [0.15, 0.2) is 18.3 Å². The molecule has 21 heavy (non-hydrogen) atoms. The fourth-order valence-corrected chi connectivity index (χ4v) is 3.13. The molecule has 1 fully saturated rings. The highest BCUT2D eigenvalue weighted by atomic mass is 16.7. The van der Waals surface area contributed by atoms with E-state index in [9.17, 15) is 4.79 Å². The number of esters is 1. The van der Waals surface area contributed by atoms with Crippen LogP contribution in [-0.2, 0) is 31.2 Å². The molecule has 0 radical (unpaired) electrons. The fraction of sp³-hybridized carbons (Fsp3) is 0.625. The highest BCUT2D eigenvalue weighted by Crippen LogP contribution is 2.41. The monoisotopic (exact) mass is 291 g/mol. The molecule has 0 aromatic carbocycles. The Labute approximate surface area is 124 Å². The van der Waals surface area contributed by atoms with Crippen LogP contribution in [0.1, 0.15) is 37.4 Å². The summed E-state index contributed by atoms with van der Waals surface area (Å²) < 4.78 is 17.2. The van der Waals surface area contributed by atoms with Crippen molar-refractivity contribution >= 4 is 5.97 Å². The number of pyridine rings is 1. The Kier molecular flexibility index (Phi) is 4.22. The lowest BCUT2D eigenvalue weighted by molar-refractivity contribution is -0.286. The van der Waals surface area contributed by atoms with Gasteiger partial charge >= 0.3 is 5.97 Å². The van der Waals surface area contributed by atoms with E-state index in [2.05, 4.69) is 4.98 Å². The molecule has 1 spiro atoms. The predicted molar refractivity (Wildman–Crippen MR) is 75.5 cm³/mol. The van der Waals surface area contributed by atoms with Gasteiger partial charge in [0.05, 0.1) is 25.7 Å². The molecule has 1 unspecified atom stereocenters. The van der Waals surface area contributed by atoms with Gasteiger partial charge < -0.3 is 14.2 Å². The molecule has 1 saturated heterocycles. The molecule has 1 atom stereocenters. The molecule has 3 rings (SSSR count). The van der Waals surface area contributed by atoms with Crippen LogP contribution >= 0.6 is 0 Å². The first-order valence-electron chi connectivity index (χ1n) is 7.64. The molecule has 0 saturated carbocycles. The SMILES string of the molecule is CCOC(=O)C1CCc2cccnc2C2(C1)OCCCO2. The van der Waals surface area contributed by atoms with E-state index in [4.69, 9.17) is 14.2 Å². The number of carbonyl (C=O) groups is 1. The molecular weight excluding hydrogens is 270 g/mol. The number of rotatable bonds is 2. The Morgan fingerprint density at radius 1 is 1.48 bits per heavy atom. The number of nitrogens with zero attached hydrogens (tertiary/aromatic N) is 1. The second kappa shape index (κ2) is 6.12. The van der Waals surface area contributed by atoms with Gasteiger partial charge in [0.2, 0.25) is 5.79 Å². The zero-order chi connectivity index (χ0) is 14.7. The summed E-state index contributed by atoms with van der Waals surface area (Å²) in [6.45, 7) is 3.49. The van der Waals surface area contributed by atoms with Crippen LogP contribution in [0.2, 0.25) is 0 Å². The van der Waals surface area contributed by atoms with Crippen LogP contribution in [-0.4, -0.2) is 30.8 Å². The third-order valence-corrected chi connectivity index (χ3v) is 4.11. The minimum Gasteiger partial charge on any atom is -0.466 e. The van der Waals surface area contributed by atoms with Crippen LogP contribution in [0.4, 0.5) is 0 Å². The summed E-state index contributed by atoms with van der Waals surface area (Å²) in [5.41, 5.74) is 1.93. The van der Waals surface area contributed by atoms with Crippen molar-refractivity contribution in [2.75, 3.05) is 19.8 Å². The quantitative estimate of drug-likeness (QED) is 0.782. The lowest BCUT2D eigenvalue weighted by Gasteiger charge is -2.37. The van der Waals surface area contributed by atoms with Gasteiger partial charge in [0.15, 0.2) is 0 Å². The Morgan fingerprint density at radius 3 is 3.05 bits per heavy atom. The Morgan fingerprint density at radius 2 is 2.29 bits per heavy atom. The van der Waals surface area contributed by atoms with Gasteiger partial charge in [0.25, 0.3) is 0 Å². The second-order valence-electron chi connectivity index (χ2n) is 5.51. The van der Waals surface area contributed by atoms with Crippen LogP contribution < -0.4 is 0 Å². The highest BCUT2D eigenvalue weighted by molar-refractivity contribution is 5.72. The van der Waals surface area contributed by atoms with Gasteiger partial charge in [-0.3, -0.25) is 9.78 Å². The minimum absolute atomic E-state index is 0.164. The summed E-state index contributed by atoms with van der Waals surface area (Å²) in [6.07, 6.45) is 4.64. The van der Waals surface area contributed by atoms with Crippen molar-refractivity contribution in [1.82, 2.24) is 4.98 Å². The van der Waals surface area contributed by atoms with Crippen molar-refractivity contribution in [3.05, 3.63) is 29.6 Å². The molecule has 1 aliphatic carbocycles. The van der Waals surface area contributed by atoms with E-state index in [1.807, 2.05) is 19.1 Å². The van der Waals surface area contributed by atoms with E-state index in [0.29, 0.717) is 26.2 Å². The average Bonchev–Trinajstić information content (AvgIpc) is 2.67. The van der Waals surface area contributed by atoms with E-state index in [1.54, 1.807) is 6.20 Å². The molecule has 5 nitrogen and oxygen atoms in total. The third-order valence-electron chi connectivity index (χ3n) is 4.11. The molecule has 0 N–H and O–H groups in total. The summed E-state index contributed by atoms with van der Waals surface area (Å²) in [5.74, 6) is -1.26. The Hall–Kier alpha value is -1.46. The maximum Gasteiger partial charge on any atom is 0.309 e. The molecule has 0 amide bonds. The van der Waals surface area contributed by atoms with Gasteiger partial charge in [-0.05, 0) is 37.8 Å². The van der Waals surface area contributed by atoms with Crippen LogP contribution in [0.3, 0.4) is 0 Å². The van der Waals surface area contributed by atoms with Crippen molar-refractivity contribution in [2.24, 2.45) is 5.92 Å². The lowest BCUT2D eigenvalue weighted by Crippen LogP contribution is -2.41. The van der Waals surface area contributed by atoms with Crippen LogP contribution in [0.5, 0.6) is 0 Å². The van der Waals surface area contributed by atoms with E-state index in [-0.39, 0.29) is 11.9 Å². The van der Waals surface area contributed by atoms with Crippen LogP contribution in [0, 0.1) is 5.92 Å². The lowest BCUT2D eigenvalue weighted by atomic mass is 9.96. The zero-order valence-corrected chi connectivity index (χ0v) is 12.3. The Balaban J connectivity index is 1.94. The first-order valence-corrected chi connectivity index (χ1v) is 7.64.